The summed E-state index contributed by atoms with van der Waals surface area (Å²) in [4.78, 5) is 2.46. The fourth-order valence-electron chi connectivity index (χ4n) is 2.82. The Kier molecular flexibility index (Phi) is 4.16. The van der Waals surface area contributed by atoms with Crippen LogP contribution in [0.5, 0.6) is 0 Å². The van der Waals surface area contributed by atoms with Crippen LogP contribution >= 0.6 is 0 Å². The van der Waals surface area contributed by atoms with Crippen LogP contribution in [-0.4, -0.2) is 31.3 Å². The number of nitrogens with two attached hydrogens (primary N) is 1. The Labute approximate surface area is 116 Å². The third-order valence-electron chi connectivity index (χ3n) is 3.75. The lowest BCUT2D eigenvalue weighted by Gasteiger charge is -2.44. The van der Waals surface area contributed by atoms with Gasteiger partial charge in [0, 0.05) is 18.3 Å². The van der Waals surface area contributed by atoms with Gasteiger partial charge in [-0.15, -0.1) is 0 Å². The molecule has 1 aromatic rings. The Bertz CT molecular complexity index is 440. The molecule has 1 saturated heterocycles. The van der Waals surface area contributed by atoms with E-state index < -0.39 is 0 Å². The Morgan fingerprint density at radius 3 is 2.74 bits per heavy atom. The summed E-state index contributed by atoms with van der Waals surface area (Å²) in [6, 6.07) is 6.92. The van der Waals surface area contributed by atoms with E-state index in [0.29, 0.717) is 0 Å². The zero-order chi connectivity index (χ0) is 14.0. The van der Waals surface area contributed by atoms with Gasteiger partial charge in [0.1, 0.15) is 0 Å². The van der Waals surface area contributed by atoms with Crippen molar-refractivity contribution in [1.82, 2.24) is 0 Å². The first-order valence-electron chi connectivity index (χ1n) is 7.10. The molecule has 2 rings (SSSR count). The first kappa shape index (κ1) is 14.4. The van der Waals surface area contributed by atoms with Crippen LogP contribution in [0.25, 0.3) is 0 Å². The Morgan fingerprint density at radius 1 is 1.42 bits per heavy atom. The maximum Gasteiger partial charge on any atom is 0.0694 e. The summed E-state index contributed by atoms with van der Waals surface area (Å²) in [7, 11) is 0. The lowest BCUT2D eigenvalue weighted by molar-refractivity contribution is 0.0643. The lowest BCUT2D eigenvalue weighted by atomic mass is 9.98. The van der Waals surface area contributed by atoms with Crippen molar-refractivity contribution in [3.63, 3.8) is 0 Å². The molecule has 0 aromatic heterocycles. The highest BCUT2D eigenvalue weighted by molar-refractivity contribution is 5.56. The molecular weight excluding hydrogens is 236 g/mol. The smallest absolute Gasteiger partial charge is 0.0694 e. The monoisotopic (exact) mass is 262 g/mol. The van der Waals surface area contributed by atoms with Crippen LogP contribution in [0.3, 0.4) is 0 Å². The maximum absolute atomic E-state index is 5.87. The number of ether oxygens (including phenoxy) is 1. The molecule has 1 unspecified atom stereocenters. The number of benzene rings is 1. The second-order valence-corrected chi connectivity index (χ2v) is 6.32. The summed E-state index contributed by atoms with van der Waals surface area (Å²) in [5, 5.41) is 0. The van der Waals surface area contributed by atoms with Crippen molar-refractivity contribution in [3.05, 3.63) is 29.3 Å². The van der Waals surface area contributed by atoms with E-state index in [1.807, 2.05) is 6.92 Å². The number of rotatable bonds is 3. The van der Waals surface area contributed by atoms with Gasteiger partial charge < -0.3 is 15.4 Å². The van der Waals surface area contributed by atoms with Gasteiger partial charge in [-0.1, -0.05) is 12.1 Å². The summed E-state index contributed by atoms with van der Waals surface area (Å²) in [5.74, 6) is 0. The fourth-order valence-corrected chi connectivity index (χ4v) is 2.82. The molecule has 3 heteroatoms. The van der Waals surface area contributed by atoms with Gasteiger partial charge in [0.25, 0.3) is 0 Å². The molecule has 3 nitrogen and oxygen atoms in total. The Balaban J connectivity index is 2.25. The van der Waals surface area contributed by atoms with Crippen LogP contribution in [0.1, 0.15) is 31.9 Å². The molecular formula is C16H26N2O. The lowest BCUT2D eigenvalue weighted by Crippen LogP contribution is -2.53. The van der Waals surface area contributed by atoms with Crippen molar-refractivity contribution in [2.75, 3.05) is 24.7 Å². The highest BCUT2D eigenvalue weighted by Gasteiger charge is 2.31. The fraction of sp³-hybridized carbons (Fsp3) is 0.625. The molecule has 1 aliphatic rings. The highest BCUT2D eigenvalue weighted by atomic mass is 16.5. The second kappa shape index (κ2) is 5.51. The van der Waals surface area contributed by atoms with E-state index in [1.54, 1.807) is 0 Å². The molecule has 0 aliphatic carbocycles. The molecule has 0 amide bonds. The molecule has 2 N–H and O–H groups in total. The predicted molar refractivity (Wildman–Crippen MR) is 80.8 cm³/mol. The highest BCUT2D eigenvalue weighted by Crippen LogP contribution is 2.30. The molecule has 1 aromatic carbocycles. The molecule has 1 atom stereocenters. The largest absolute Gasteiger partial charge is 0.377 e. The van der Waals surface area contributed by atoms with Crippen molar-refractivity contribution >= 4 is 5.69 Å². The van der Waals surface area contributed by atoms with E-state index in [9.17, 15) is 0 Å². The van der Waals surface area contributed by atoms with Crippen molar-refractivity contribution in [1.29, 1.82) is 0 Å². The minimum Gasteiger partial charge on any atom is -0.377 e. The van der Waals surface area contributed by atoms with Crippen LogP contribution in [0.15, 0.2) is 18.2 Å². The Hall–Kier alpha value is -1.06. The molecule has 0 radical (unpaired) electrons. The van der Waals surface area contributed by atoms with E-state index in [2.05, 4.69) is 43.9 Å². The van der Waals surface area contributed by atoms with Gasteiger partial charge in [-0.2, -0.15) is 0 Å². The van der Waals surface area contributed by atoms with Gasteiger partial charge in [0.15, 0.2) is 0 Å². The standard InChI is InChI=1S/C16H26N2O/c1-12-9-14(10-13(2)17)5-6-15(12)18-7-8-19-11-16(18,3)4/h5-6,9,13H,7-8,10-11,17H2,1-4H3. The molecule has 1 heterocycles. The molecule has 0 spiro atoms. The van der Waals surface area contributed by atoms with Crippen molar-refractivity contribution in [3.8, 4) is 0 Å². The molecule has 0 bridgehead atoms. The van der Waals surface area contributed by atoms with Crippen molar-refractivity contribution in [2.45, 2.75) is 45.7 Å². The van der Waals surface area contributed by atoms with Gasteiger partial charge >= 0.3 is 0 Å². The van der Waals surface area contributed by atoms with Crippen LogP contribution in [0.4, 0.5) is 5.69 Å². The summed E-state index contributed by atoms with van der Waals surface area (Å²) in [6.07, 6.45) is 0.938. The van der Waals surface area contributed by atoms with Crippen molar-refractivity contribution < 1.29 is 4.74 Å². The van der Waals surface area contributed by atoms with E-state index in [-0.39, 0.29) is 11.6 Å². The maximum atomic E-state index is 5.87. The SMILES string of the molecule is Cc1cc(CC(C)N)ccc1N1CCOCC1(C)C. The van der Waals surface area contributed by atoms with Crippen LogP contribution in [0, 0.1) is 6.92 Å². The number of hydrogen-bond acceptors (Lipinski definition) is 3. The van der Waals surface area contributed by atoms with E-state index in [0.717, 1.165) is 26.2 Å². The summed E-state index contributed by atoms with van der Waals surface area (Å²) in [5.41, 5.74) is 9.90. The van der Waals surface area contributed by atoms with Gasteiger partial charge in [-0.25, -0.2) is 0 Å². The molecule has 1 aliphatic heterocycles. The predicted octanol–water partition coefficient (Wildman–Crippen LogP) is 2.50. The number of hydrogen-bond donors (Lipinski definition) is 1. The van der Waals surface area contributed by atoms with Gasteiger partial charge in [0.05, 0.1) is 18.8 Å². The Morgan fingerprint density at radius 2 is 2.16 bits per heavy atom. The number of morpholine rings is 1. The van der Waals surface area contributed by atoms with Gasteiger partial charge in [-0.05, 0) is 51.3 Å². The molecule has 1 fully saturated rings. The van der Waals surface area contributed by atoms with E-state index in [1.165, 1.54) is 16.8 Å². The minimum absolute atomic E-state index is 0.0612. The molecule has 106 valence electrons. The normalized spacial score (nSPS) is 20.4. The zero-order valence-electron chi connectivity index (χ0n) is 12.6. The second-order valence-electron chi connectivity index (χ2n) is 6.32. The third-order valence-corrected chi connectivity index (χ3v) is 3.75. The van der Waals surface area contributed by atoms with Crippen molar-refractivity contribution in [2.24, 2.45) is 5.73 Å². The van der Waals surface area contributed by atoms with Crippen LogP contribution in [-0.2, 0) is 11.2 Å². The first-order valence-corrected chi connectivity index (χ1v) is 7.10. The quantitative estimate of drug-likeness (QED) is 0.909. The molecule has 0 saturated carbocycles. The van der Waals surface area contributed by atoms with E-state index in [4.69, 9.17) is 10.5 Å². The number of anilines is 1. The summed E-state index contributed by atoms with van der Waals surface area (Å²) in [6.45, 7) is 11.3. The summed E-state index contributed by atoms with van der Waals surface area (Å²) >= 11 is 0. The van der Waals surface area contributed by atoms with Crippen LogP contribution in [0.2, 0.25) is 0 Å². The molecule has 19 heavy (non-hydrogen) atoms. The van der Waals surface area contributed by atoms with Crippen LogP contribution < -0.4 is 10.6 Å². The number of nitrogens with zero attached hydrogens (tertiary/aromatic N) is 1. The average molecular weight is 262 g/mol. The summed E-state index contributed by atoms with van der Waals surface area (Å²) < 4.78 is 5.59. The minimum atomic E-state index is 0.0612. The first-order chi connectivity index (χ1) is 8.90. The van der Waals surface area contributed by atoms with Gasteiger partial charge in [-0.3, -0.25) is 0 Å². The average Bonchev–Trinajstić information content (AvgIpc) is 2.29. The topological polar surface area (TPSA) is 38.5 Å². The number of aryl methyl sites for hydroxylation is 1. The third kappa shape index (κ3) is 3.28. The zero-order valence-corrected chi connectivity index (χ0v) is 12.6. The van der Waals surface area contributed by atoms with Gasteiger partial charge in [0.2, 0.25) is 0 Å². The van der Waals surface area contributed by atoms with E-state index >= 15 is 0 Å².